The van der Waals surface area contributed by atoms with Crippen LogP contribution in [0.1, 0.15) is 5.56 Å². The van der Waals surface area contributed by atoms with Crippen molar-refractivity contribution in [3.8, 4) is 11.5 Å². The van der Waals surface area contributed by atoms with Gasteiger partial charge < -0.3 is 14.9 Å². The number of hydrogen-bond donors (Lipinski definition) is 2. The highest BCUT2D eigenvalue weighted by atomic mass is 16.5. The Balaban J connectivity index is 2.18. The largest absolute Gasteiger partial charge is 0.508 e. The summed E-state index contributed by atoms with van der Waals surface area (Å²) in [5.74, 6) is -0.363. The second-order valence-electron chi connectivity index (χ2n) is 4.28. The first kappa shape index (κ1) is 14.5. The van der Waals surface area contributed by atoms with E-state index in [1.165, 1.54) is 12.1 Å². The van der Waals surface area contributed by atoms with Gasteiger partial charge in [0, 0.05) is 5.56 Å². The minimum absolute atomic E-state index is 0.0687. The van der Waals surface area contributed by atoms with E-state index in [0.29, 0.717) is 16.9 Å². The van der Waals surface area contributed by atoms with Crippen LogP contribution in [0.2, 0.25) is 0 Å². The van der Waals surface area contributed by atoms with E-state index >= 15 is 0 Å². The second-order valence-corrected chi connectivity index (χ2v) is 4.28. The van der Waals surface area contributed by atoms with Gasteiger partial charge in [-0.2, -0.15) is 10.2 Å². The van der Waals surface area contributed by atoms with Gasteiger partial charge in [-0.15, -0.1) is 0 Å². The zero-order valence-corrected chi connectivity index (χ0v) is 11.4. The summed E-state index contributed by atoms with van der Waals surface area (Å²) in [4.78, 5) is 10.7. The average molecular weight is 286 g/mol. The maximum Gasteiger partial charge on any atom is 0.307 e. The molecule has 0 aliphatic rings. The molecule has 0 atom stereocenters. The Hall–Kier alpha value is -2.89. The lowest BCUT2D eigenvalue weighted by Gasteiger charge is -2.02. The van der Waals surface area contributed by atoms with E-state index < -0.39 is 5.97 Å². The van der Waals surface area contributed by atoms with Crippen LogP contribution in [0.3, 0.4) is 0 Å². The molecule has 0 saturated carbocycles. The first-order valence-corrected chi connectivity index (χ1v) is 6.18. The van der Waals surface area contributed by atoms with Crippen LogP contribution in [-0.2, 0) is 11.2 Å². The van der Waals surface area contributed by atoms with Crippen molar-refractivity contribution in [3.63, 3.8) is 0 Å². The Bertz CT molecular complexity index is 666. The monoisotopic (exact) mass is 286 g/mol. The van der Waals surface area contributed by atoms with E-state index in [4.69, 9.17) is 9.84 Å². The summed E-state index contributed by atoms with van der Waals surface area (Å²) < 4.78 is 5.04. The van der Waals surface area contributed by atoms with Crippen LogP contribution in [0.4, 0.5) is 11.4 Å². The topological polar surface area (TPSA) is 91.5 Å². The molecular formula is C15H14N2O4. The Labute approximate surface area is 121 Å². The van der Waals surface area contributed by atoms with Crippen molar-refractivity contribution in [1.29, 1.82) is 0 Å². The molecule has 0 spiro atoms. The van der Waals surface area contributed by atoms with Gasteiger partial charge in [0.25, 0.3) is 0 Å². The number of benzene rings is 2. The molecule has 0 heterocycles. The van der Waals surface area contributed by atoms with Gasteiger partial charge >= 0.3 is 5.97 Å². The van der Waals surface area contributed by atoms with Crippen LogP contribution in [0.15, 0.2) is 52.7 Å². The molecule has 2 aromatic carbocycles. The second kappa shape index (κ2) is 6.51. The summed E-state index contributed by atoms with van der Waals surface area (Å²) in [6.07, 6.45) is -0.266. The number of methoxy groups -OCH3 is 1. The van der Waals surface area contributed by atoms with Crippen LogP contribution in [-0.4, -0.2) is 23.3 Å². The van der Waals surface area contributed by atoms with Crippen LogP contribution in [0.25, 0.3) is 0 Å². The van der Waals surface area contributed by atoms with Crippen LogP contribution in [0.5, 0.6) is 11.5 Å². The van der Waals surface area contributed by atoms with Gasteiger partial charge in [0.1, 0.15) is 11.5 Å². The standard InChI is InChI=1S/C15H14N2O4/c1-21-13-5-2-11(3-6-13)16-17-12-4-7-14(18)10(8-12)9-15(19)20/h2-8,18H,9H2,1H3,(H,19,20). The highest BCUT2D eigenvalue weighted by molar-refractivity contribution is 5.72. The average Bonchev–Trinajstić information content (AvgIpc) is 2.48. The smallest absolute Gasteiger partial charge is 0.307 e. The molecule has 0 fully saturated rings. The van der Waals surface area contributed by atoms with E-state index in [9.17, 15) is 9.90 Å². The number of nitrogens with zero attached hydrogens (tertiary/aromatic N) is 2. The molecule has 2 N–H and O–H groups in total. The van der Waals surface area contributed by atoms with E-state index in [-0.39, 0.29) is 12.2 Å². The predicted molar refractivity (Wildman–Crippen MR) is 76.6 cm³/mol. The van der Waals surface area contributed by atoms with E-state index in [1.807, 2.05) is 0 Å². The summed E-state index contributed by atoms with van der Waals surface area (Å²) in [5, 5.41) is 26.4. The van der Waals surface area contributed by atoms with Crippen molar-refractivity contribution in [1.82, 2.24) is 0 Å². The van der Waals surface area contributed by atoms with Gasteiger partial charge in [-0.3, -0.25) is 4.79 Å². The molecule has 0 unspecified atom stereocenters. The molecule has 0 aliphatic carbocycles. The fraction of sp³-hybridized carbons (Fsp3) is 0.133. The quantitative estimate of drug-likeness (QED) is 0.823. The minimum atomic E-state index is -1.02. The number of rotatable bonds is 5. The number of carbonyl (C=O) groups is 1. The fourth-order valence-electron chi connectivity index (χ4n) is 1.70. The van der Waals surface area contributed by atoms with Crippen molar-refractivity contribution in [2.24, 2.45) is 10.2 Å². The third-order valence-corrected chi connectivity index (χ3v) is 2.76. The Morgan fingerprint density at radius 3 is 2.33 bits per heavy atom. The third kappa shape index (κ3) is 4.04. The molecule has 0 saturated heterocycles. The molecular weight excluding hydrogens is 272 g/mol. The number of carboxylic acid groups (broad SMARTS) is 1. The number of aromatic hydroxyl groups is 1. The molecule has 0 aliphatic heterocycles. The molecule has 6 nitrogen and oxygen atoms in total. The van der Waals surface area contributed by atoms with Crippen LogP contribution >= 0.6 is 0 Å². The van der Waals surface area contributed by atoms with Gasteiger partial charge in [0.05, 0.1) is 24.9 Å². The third-order valence-electron chi connectivity index (χ3n) is 2.76. The van der Waals surface area contributed by atoms with Crippen molar-refractivity contribution in [3.05, 3.63) is 48.0 Å². The van der Waals surface area contributed by atoms with Crippen molar-refractivity contribution < 1.29 is 19.7 Å². The van der Waals surface area contributed by atoms with Crippen molar-refractivity contribution >= 4 is 17.3 Å². The number of carboxylic acids is 1. The van der Waals surface area contributed by atoms with E-state index in [2.05, 4.69) is 10.2 Å². The zero-order valence-electron chi connectivity index (χ0n) is 11.4. The maximum absolute atomic E-state index is 10.7. The Morgan fingerprint density at radius 2 is 1.71 bits per heavy atom. The minimum Gasteiger partial charge on any atom is -0.508 e. The van der Waals surface area contributed by atoms with Gasteiger partial charge in [-0.25, -0.2) is 0 Å². The lowest BCUT2D eigenvalue weighted by Crippen LogP contribution is -1.99. The van der Waals surface area contributed by atoms with Crippen molar-refractivity contribution in [2.45, 2.75) is 6.42 Å². The van der Waals surface area contributed by atoms with Crippen LogP contribution in [0, 0.1) is 0 Å². The van der Waals surface area contributed by atoms with E-state index in [1.54, 1.807) is 37.4 Å². The SMILES string of the molecule is COc1ccc(N=Nc2ccc(O)c(CC(=O)O)c2)cc1. The number of aliphatic carboxylic acids is 1. The van der Waals surface area contributed by atoms with Crippen molar-refractivity contribution in [2.75, 3.05) is 7.11 Å². The molecule has 21 heavy (non-hydrogen) atoms. The molecule has 0 radical (unpaired) electrons. The normalized spacial score (nSPS) is 10.7. The Kier molecular flexibility index (Phi) is 4.50. The summed E-state index contributed by atoms with van der Waals surface area (Å²) in [6, 6.07) is 11.5. The van der Waals surface area contributed by atoms with E-state index in [0.717, 1.165) is 5.75 Å². The number of phenols is 1. The predicted octanol–water partition coefficient (Wildman–Crippen LogP) is 3.44. The summed E-state index contributed by atoms with van der Waals surface area (Å²) in [6.45, 7) is 0. The van der Waals surface area contributed by atoms with Crippen LogP contribution < -0.4 is 4.74 Å². The number of hydrogen-bond acceptors (Lipinski definition) is 5. The molecule has 2 aromatic rings. The molecule has 6 heteroatoms. The summed E-state index contributed by atoms with van der Waals surface area (Å²) in [7, 11) is 1.58. The summed E-state index contributed by atoms with van der Waals surface area (Å²) in [5.41, 5.74) is 1.41. The number of phenolic OH excluding ortho intramolecular Hbond substituents is 1. The first-order chi connectivity index (χ1) is 10.1. The maximum atomic E-state index is 10.7. The fourth-order valence-corrected chi connectivity index (χ4v) is 1.70. The highest BCUT2D eigenvalue weighted by Crippen LogP contribution is 2.26. The van der Waals surface area contributed by atoms with Gasteiger partial charge in [-0.1, -0.05) is 0 Å². The Morgan fingerprint density at radius 1 is 1.10 bits per heavy atom. The first-order valence-electron chi connectivity index (χ1n) is 6.18. The molecule has 108 valence electrons. The molecule has 0 bridgehead atoms. The number of ether oxygens (including phenoxy) is 1. The number of azo groups is 1. The van der Waals surface area contributed by atoms with Gasteiger partial charge in [0.15, 0.2) is 0 Å². The summed E-state index contributed by atoms with van der Waals surface area (Å²) >= 11 is 0. The lowest BCUT2D eigenvalue weighted by atomic mass is 10.1. The lowest BCUT2D eigenvalue weighted by molar-refractivity contribution is -0.136. The molecule has 2 rings (SSSR count). The van der Waals surface area contributed by atoms with Gasteiger partial charge in [0.2, 0.25) is 0 Å². The molecule has 0 aromatic heterocycles. The zero-order chi connectivity index (χ0) is 15.2. The highest BCUT2D eigenvalue weighted by Gasteiger charge is 2.07. The molecule has 0 amide bonds. The van der Waals surface area contributed by atoms with Gasteiger partial charge in [-0.05, 0) is 42.5 Å².